The molecular formula is C2H3Cl2O4P. The third-order valence-electron chi connectivity index (χ3n) is 0.645. The highest BCUT2D eigenvalue weighted by atomic mass is 35.5. The van der Waals surface area contributed by atoms with Crippen LogP contribution in [0.3, 0.4) is 0 Å². The molecule has 0 aromatic rings. The van der Waals surface area contributed by atoms with Gasteiger partial charge in [-0.25, -0.2) is 9.09 Å². The van der Waals surface area contributed by atoms with Gasteiger partial charge in [0.25, 0.3) is 4.52 Å². The van der Waals surface area contributed by atoms with Gasteiger partial charge in [-0.15, -0.1) is 0 Å². The van der Waals surface area contributed by atoms with E-state index in [2.05, 4.69) is 9.05 Å². The summed E-state index contributed by atoms with van der Waals surface area (Å²) in [5.41, 5.74) is 0. The summed E-state index contributed by atoms with van der Waals surface area (Å²) in [5, 5.41) is 0. The lowest BCUT2D eigenvalue weighted by atomic mass is 10.8. The first-order valence-corrected chi connectivity index (χ1v) is 4.22. The lowest BCUT2D eigenvalue weighted by Gasteiger charge is -2.05. The van der Waals surface area contributed by atoms with Gasteiger partial charge < -0.3 is 4.89 Å². The molecule has 1 rings (SSSR count). The summed E-state index contributed by atoms with van der Waals surface area (Å²) < 4.78 is 17.0. The average Bonchev–Trinajstić information content (AvgIpc) is 1.78. The van der Waals surface area contributed by atoms with Crippen molar-refractivity contribution in [2.45, 2.75) is 4.52 Å². The number of alkyl halides is 2. The normalized spacial score (nSPS) is 41.2. The molecule has 1 aliphatic rings. The van der Waals surface area contributed by atoms with E-state index in [1.807, 2.05) is 0 Å². The van der Waals surface area contributed by atoms with E-state index in [1.54, 1.807) is 0 Å². The third kappa shape index (κ3) is 2.08. The van der Waals surface area contributed by atoms with Crippen LogP contribution in [0.15, 0.2) is 0 Å². The maximum Gasteiger partial charge on any atom is 0.475 e. The summed E-state index contributed by atoms with van der Waals surface area (Å²) >= 11 is 10.5. The highest BCUT2D eigenvalue weighted by Gasteiger charge is 2.45. The van der Waals surface area contributed by atoms with Crippen molar-refractivity contribution in [1.82, 2.24) is 0 Å². The Balaban J connectivity index is 2.69. The Morgan fingerprint density at radius 1 is 1.67 bits per heavy atom. The molecule has 0 spiro atoms. The maximum atomic E-state index is 10.4. The molecule has 1 atom stereocenters. The van der Waals surface area contributed by atoms with Crippen LogP contribution in [0.2, 0.25) is 0 Å². The van der Waals surface area contributed by atoms with Crippen molar-refractivity contribution >= 4 is 31.0 Å². The van der Waals surface area contributed by atoms with Crippen LogP contribution in [0.25, 0.3) is 0 Å². The van der Waals surface area contributed by atoms with Crippen molar-refractivity contribution in [3.63, 3.8) is 0 Å². The molecule has 9 heavy (non-hydrogen) atoms. The zero-order chi connectivity index (χ0) is 7.12. The van der Waals surface area contributed by atoms with E-state index in [0.29, 0.717) is 0 Å². The molecule has 4 nitrogen and oxygen atoms in total. The van der Waals surface area contributed by atoms with Crippen LogP contribution < -0.4 is 0 Å². The van der Waals surface area contributed by atoms with Gasteiger partial charge in [-0.2, -0.15) is 0 Å². The zero-order valence-electron chi connectivity index (χ0n) is 4.08. The zero-order valence-corrected chi connectivity index (χ0v) is 6.49. The van der Waals surface area contributed by atoms with Crippen molar-refractivity contribution in [3.05, 3.63) is 0 Å². The van der Waals surface area contributed by atoms with Crippen molar-refractivity contribution in [2.24, 2.45) is 0 Å². The SMILES string of the molecule is O=P1(O)OCC(Cl)(Cl)O1. The average molecular weight is 193 g/mol. The first-order valence-electron chi connectivity index (χ1n) is 1.97. The second-order valence-electron chi connectivity index (χ2n) is 1.47. The summed E-state index contributed by atoms with van der Waals surface area (Å²) in [5.74, 6) is 0. The Bertz CT molecular complexity index is 168. The quantitative estimate of drug-likeness (QED) is 0.464. The van der Waals surface area contributed by atoms with E-state index >= 15 is 0 Å². The summed E-state index contributed by atoms with van der Waals surface area (Å²) in [6, 6.07) is 0. The molecule has 0 amide bonds. The second kappa shape index (κ2) is 2.09. The van der Waals surface area contributed by atoms with E-state index in [-0.39, 0.29) is 6.61 Å². The Morgan fingerprint density at radius 2 is 2.22 bits per heavy atom. The number of rotatable bonds is 0. The van der Waals surface area contributed by atoms with E-state index in [0.717, 1.165) is 0 Å². The standard InChI is InChI=1S/C2H3Cl2O4P/c3-2(4)1-7-9(5,6)8-2/h1H2,(H,5,6). The molecule has 1 saturated heterocycles. The molecule has 1 fully saturated rings. The van der Waals surface area contributed by atoms with E-state index < -0.39 is 12.3 Å². The van der Waals surface area contributed by atoms with Gasteiger partial charge in [-0.05, 0) is 0 Å². The van der Waals surface area contributed by atoms with Gasteiger partial charge in [0.2, 0.25) is 0 Å². The summed E-state index contributed by atoms with van der Waals surface area (Å²) in [6.07, 6.45) is 0. The number of hydrogen-bond acceptors (Lipinski definition) is 3. The molecule has 0 aromatic carbocycles. The highest BCUT2D eigenvalue weighted by Crippen LogP contribution is 2.56. The highest BCUT2D eigenvalue weighted by molar-refractivity contribution is 7.47. The van der Waals surface area contributed by atoms with Gasteiger partial charge in [0.05, 0.1) is 0 Å². The number of phosphoric ester groups is 1. The second-order valence-corrected chi connectivity index (χ2v) is 4.26. The third-order valence-corrected chi connectivity index (χ3v) is 2.23. The van der Waals surface area contributed by atoms with Gasteiger partial charge in [0, 0.05) is 0 Å². The number of halogens is 2. The van der Waals surface area contributed by atoms with Crippen LogP contribution in [-0.4, -0.2) is 16.0 Å². The maximum absolute atomic E-state index is 10.4. The first kappa shape index (κ1) is 7.79. The fourth-order valence-corrected chi connectivity index (χ4v) is 1.95. The minimum Gasteiger partial charge on any atom is -0.302 e. The Morgan fingerprint density at radius 3 is 2.33 bits per heavy atom. The van der Waals surface area contributed by atoms with Gasteiger partial charge in [0.15, 0.2) is 0 Å². The molecule has 0 bridgehead atoms. The van der Waals surface area contributed by atoms with Crippen LogP contribution in [0.1, 0.15) is 0 Å². The Labute approximate surface area is 61.3 Å². The fourth-order valence-electron chi connectivity index (χ4n) is 0.378. The number of hydrogen-bond donors (Lipinski definition) is 1. The minimum atomic E-state index is -3.93. The minimum absolute atomic E-state index is 0.288. The summed E-state index contributed by atoms with van der Waals surface area (Å²) in [4.78, 5) is 8.47. The predicted octanol–water partition coefficient (Wildman–Crippen LogP) is 1.26. The molecule has 0 saturated carbocycles. The van der Waals surface area contributed by atoms with Gasteiger partial charge >= 0.3 is 7.82 Å². The summed E-state index contributed by atoms with van der Waals surface area (Å²) in [6.45, 7) is -0.288. The molecule has 1 aliphatic heterocycles. The molecule has 7 heteroatoms. The molecule has 0 radical (unpaired) electrons. The molecule has 0 aromatic heterocycles. The largest absolute Gasteiger partial charge is 0.475 e. The van der Waals surface area contributed by atoms with E-state index in [4.69, 9.17) is 28.1 Å². The molecule has 1 N–H and O–H groups in total. The molecule has 0 aliphatic carbocycles. The van der Waals surface area contributed by atoms with Gasteiger partial charge in [0.1, 0.15) is 6.61 Å². The van der Waals surface area contributed by atoms with Crippen LogP contribution in [-0.2, 0) is 13.6 Å². The molecule has 1 unspecified atom stereocenters. The van der Waals surface area contributed by atoms with Crippen molar-refractivity contribution < 1.29 is 18.5 Å². The molecule has 54 valence electrons. The Kier molecular flexibility index (Phi) is 1.81. The predicted molar refractivity (Wildman–Crippen MR) is 31.3 cm³/mol. The lowest BCUT2D eigenvalue weighted by molar-refractivity contribution is 0.242. The first-order chi connectivity index (χ1) is 3.91. The van der Waals surface area contributed by atoms with Gasteiger partial charge in [-0.1, -0.05) is 23.2 Å². The van der Waals surface area contributed by atoms with Crippen molar-refractivity contribution in [2.75, 3.05) is 6.61 Å². The van der Waals surface area contributed by atoms with Crippen molar-refractivity contribution in [3.8, 4) is 0 Å². The van der Waals surface area contributed by atoms with Crippen LogP contribution >= 0.6 is 31.0 Å². The monoisotopic (exact) mass is 192 g/mol. The van der Waals surface area contributed by atoms with Crippen LogP contribution in [0.5, 0.6) is 0 Å². The Hall–Kier alpha value is 0.690. The topological polar surface area (TPSA) is 55.8 Å². The van der Waals surface area contributed by atoms with E-state index in [1.165, 1.54) is 0 Å². The number of phosphoric acid groups is 1. The molecule has 1 heterocycles. The van der Waals surface area contributed by atoms with Crippen molar-refractivity contribution in [1.29, 1.82) is 0 Å². The lowest BCUT2D eigenvalue weighted by Crippen LogP contribution is -2.12. The summed E-state index contributed by atoms with van der Waals surface area (Å²) in [7, 11) is -3.93. The smallest absolute Gasteiger partial charge is 0.302 e. The van der Waals surface area contributed by atoms with Crippen LogP contribution in [0, 0.1) is 0 Å². The molecular weight excluding hydrogens is 190 g/mol. The fraction of sp³-hybridized carbons (Fsp3) is 1.00. The van der Waals surface area contributed by atoms with Gasteiger partial charge in [-0.3, -0.25) is 4.52 Å². The van der Waals surface area contributed by atoms with E-state index in [9.17, 15) is 4.57 Å². The van der Waals surface area contributed by atoms with Crippen LogP contribution in [0.4, 0.5) is 0 Å².